The average molecular weight is 613 g/mol. The van der Waals surface area contributed by atoms with Gasteiger partial charge in [-0.2, -0.15) is 0 Å². The molecule has 0 bridgehead atoms. The van der Waals surface area contributed by atoms with E-state index in [0.29, 0.717) is 42.8 Å². The second-order valence-electron chi connectivity index (χ2n) is 16.9. The Bertz CT molecular complexity index is 1170. The summed E-state index contributed by atoms with van der Waals surface area (Å²) in [6.45, 7) is 17.2. The van der Waals surface area contributed by atoms with Crippen LogP contribution in [0.15, 0.2) is 0 Å². The molecule has 7 fully saturated rings. The van der Waals surface area contributed by atoms with Crippen LogP contribution in [-0.4, -0.2) is 61.3 Å². The SMILES string of the molecule is C[C@H](C(=O)C#CC(C)(C)OC1CCCCO1)[C@H]1CC[C@H]2[C@@H]3CC4(OCCO4)[C@H]4C[C@@H]5OC(C)(C)O[C@@H]5C[C@]4(C)[C@H]3CC[C@]12C. The van der Waals surface area contributed by atoms with Crippen molar-refractivity contribution in [1.82, 2.24) is 0 Å². The van der Waals surface area contributed by atoms with Gasteiger partial charge in [0.1, 0.15) is 5.60 Å². The van der Waals surface area contributed by atoms with Crippen LogP contribution in [0.5, 0.6) is 0 Å². The largest absolute Gasteiger partial charge is 0.353 e. The lowest BCUT2D eigenvalue weighted by Gasteiger charge is -2.65. The standard InChI is InChI=1S/C37H56O7/c1-23(28(38)14-15-33(2,3)44-32-10-8-9-17-39-32)25-11-12-26-24-21-37(40-18-19-41-37)31-20-29-30(43-34(4,5)42-29)22-36(31,7)27(24)13-16-35(25,26)6/h23-27,29-32H,8-13,16-22H2,1-7H3/t23-,24-,25+,26-,27-,29-,30+,31-,32?,35+,36+/m0/s1. The highest BCUT2D eigenvalue weighted by molar-refractivity contribution is 5.97. The lowest BCUT2D eigenvalue weighted by molar-refractivity contribution is -0.300. The van der Waals surface area contributed by atoms with E-state index in [1.165, 1.54) is 6.42 Å². The van der Waals surface area contributed by atoms with Gasteiger partial charge in [0.05, 0.1) is 25.4 Å². The highest BCUT2D eigenvalue weighted by Crippen LogP contribution is 2.71. The average Bonchev–Trinajstić information content (AvgIpc) is 3.65. The molecule has 0 aromatic rings. The highest BCUT2D eigenvalue weighted by Gasteiger charge is 2.70. The summed E-state index contributed by atoms with van der Waals surface area (Å²) < 4.78 is 38.2. The summed E-state index contributed by atoms with van der Waals surface area (Å²) in [4.78, 5) is 13.6. The Morgan fingerprint density at radius 3 is 2.34 bits per heavy atom. The zero-order chi connectivity index (χ0) is 31.1. The van der Waals surface area contributed by atoms with Crippen LogP contribution in [0, 0.1) is 58.2 Å². The lowest BCUT2D eigenvalue weighted by Crippen LogP contribution is -2.65. The molecule has 3 heterocycles. The maximum atomic E-state index is 13.6. The second-order valence-corrected chi connectivity index (χ2v) is 16.9. The molecule has 7 aliphatic rings. The topological polar surface area (TPSA) is 72.5 Å². The Labute approximate surface area is 265 Å². The molecule has 3 aliphatic heterocycles. The van der Waals surface area contributed by atoms with Gasteiger partial charge in [0.25, 0.3) is 0 Å². The Hall–Kier alpha value is -1.01. The van der Waals surface area contributed by atoms with Crippen molar-refractivity contribution in [3.05, 3.63) is 0 Å². The molecule has 0 aromatic carbocycles. The fraction of sp³-hybridized carbons (Fsp3) is 0.919. The van der Waals surface area contributed by atoms with Crippen LogP contribution in [0.1, 0.15) is 113 Å². The summed E-state index contributed by atoms with van der Waals surface area (Å²) in [5.41, 5.74) is -0.545. The second kappa shape index (κ2) is 11.0. The number of ether oxygens (including phenoxy) is 6. The first-order valence-corrected chi connectivity index (χ1v) is 17.8. The summed E-state index contributed by atoms with van der Waals surface area (Å²) in [7, 11) is 0. The zero-order valence-electron chi connectivity index (χ0n) is 28.2. The Kier molecular flexibility index (Phi) is 7.91. The van der Waals surface area contributed by atoms with Crippen LogP contribution >= 0.6 is 0 Å². The molecule has 4 aliphatic carbocycles. The van der Waals surface area contributed by atoms with E-state index in [9.17, 15) is 4.79 Å². The van der Waals surface area contributed by atoms with Crippen molar-refractivity contribution in [2.24, 2.45) is 46.3 Å². The molecule has 44 heavy (non-hydrogen) atoms. The predicted octanol–water partition coefficient (Wildman–Crippen LogP) is 6.66. The minimum atomic E-state index is -0.719. The Balaban J connectivity index is 1.10. The maximum Gasteiger partial charge on any atom is 0.208 e. The molecule has 7 nitrogen and oxygen atoms in total. The lowest BCUT2D eigenvalue weighted by atomic mass is 9.42. The monoisotopic (exact) mass is 612 g/mol. The van der Waals surface area contributed by atoms with Gasteiger partial charge in [-0.15, -0.1) is 0 Å². The van der Waals surface area contributed by atoms with E-state index in [2.05, 4.69) is 46.5 Å². The van der Waals surface area contributed by atoms with Crippen LogP contribution in [0.2, 0.25) is 0 Å². The van der Waals surface area contributed by atoms with Crippen LogP contribution < -0.4 is 0 Å². The van der Waals surface area contributed by atoms with Gasteiger partial charge in [-0.3, -0.25) is 4.79 Å². The quantitative estimate of drug-likeness (QED) is 0.260. The van der Waals surface area contributed by atoms with E-state index < -0.39 is 17.2 Å². The van der Waals surface area contributed by atoms with Gasteiger partial charge >= 0.3 is 0 Å². The molecule has 0 amide bonds. The van der Waals surface area contributed by atoms with Crippen molar-refractivity contribution in [2.75, 3.05) is 19.8 Å². The fourth-order valence-corrected chi connectivity index (χ4v) is 11.6. The number of Topliss-reactive ketones (excluding diaryl/α,β-unsaturated/α-hetero) is 1. The van der Waals surface area contributed by atoms with Gasteiger partial charge in [0.15, 0.2) is 17.9 Å². The first-order chi connectivity index (χ1) is 20.8. The van der Waals surface area contributed by atoms with E-state index in [-0.39, 0.29) is 41.0 Å². The molecule has 0 radical (unpaired) electrons. The van der Waals surface area contributed by atoms with Crippen LogP contribution in [0.3, 0.4) is 0 Å². The summed E-state index contributed by atoms with van der Waals surface area (Å²) in [5, 5.41) is 0. The first kappa shape index (κ1) is 31.6. The van der Waals surface area contributed by atoms with Crippen molar-refractivity contribution in [1.29, 1.82) is 0 Å². The number of carbonyl (C=O) groups is 1. The molecule has 246 valence electrons. The smallest absolute Gasteiger partial charge is 0.208 e. The number of carbonyl (C=O) groups excluding carboxylic acids is 1. The fourth-order valence-electron chi connectivity index (χ4n) is 11.6. The molecule has 0 N–H and O–H groups in total. The number of ketones is 1. The van der Waals surface area contributed by atoms with Crippen molar-refractivity contribution < 1.29 is 33.2 Å². The molecule has 1 spiro atoms. The van der Waals surface area contributed by atoms with Crippen molar-refractivity contribution in [2.45, 2.75) is 148 Å². The third-order valence-electron chi connectivity index (χ3n) is 13.4. The van der Waals surface area contributed by atoms with Crippen LogP contribution in [0.25, 0.3) is 0 Å². The number of hydrogen-bond acceptors (Lipinski definition) is 7. The molecular formula is C37H56O7. The molecule has 11 atom stereocenters. The van der Waals surface area contributed by atoms with E-state index in [1.54, 1.807) is 0 Å². The van der Waals surface area contributed by atoms with Gasteiger partial charge in [-0.05, 0) is 126 Å². The Morgan fingerprint density at radius 2 is 1.61 bits per heavy atom. The minimum Gasteiger partial charge on any atom is -0.353 e. The maximum absolute atomic E-state index is 13.6. The van der Waals surface area contributed by atoms with Gasteiger partial charge in [-0.1, -0.05) is 26.7 Å². The first-order valence-electron chi connectivity index (χ1n) is 17.8. The molecule has 7 rings (SSSR count). The van der Waals surface area contributed by atoms with E-state index in [4.69, 9.17) is 28.4 Å². The number of fused-ring (bicyclic) bond motifs is 7. The molecule has 0 aromatic heterocycles. The van der Waals surface area contributed by atoms with Crippen molar-refractivity contribution in [3.63, 3.8) is 0 Å². The van der Waals surface area contributed by atoms with Gasteiger partial charge in [0.2, 0.25) is 5.78 Å². The third kappa shape index (κ3) is 5.23. The summed E-state index contributed by atoms with van der Waals surface area (Å²) >= 11 is 0. The third-order valence-corrected chi connectivity index (χ3v) is 13.4. The molecular weight excluding hydrogens is 556 g/mol. The van der Waals surface area contributed by atoms with E-state index >= 15 is 0 Å². The van der Waals surface area contributed by atoms with Crippen LogP contribution in [0.4, 0.5) is 0 Å². The zero-order valence-corrected chi connectivity index (χ0v) is 28.2. The molecule has 7 heteroatoms. The predicted molar refractivity (Wildman–Crippen MR) is 165 cm³/mol. The van der Waals surface area contributed by atoms with Gasteiger partial charge < -0.3 is 28.4 Å². The van der Waals surface area contributed by atoms with E-state index in [1.807, 2.05) is 13.8 Å². The molecule has 3 saturated heterocycles. The normalized spacial score (nSPS) is 46.2. The number of rotatable bonds is 4. The van der Waals surface area contributed by atoms with Crippen molar-refractivity contribution >= 4 is 5.78 Å². The minimum absolute atomic E-state index is 0.0501. The van der Waals surface area contributed by atoms with Crippen molar-refractivity contribution in [3.8, 4) is 11.8 Å². The Morgan fingerprint density at radius 1 is 0.886 bits per heavy atom. The van der Waals surface area contributed by atoms with Gasteiger partial charge in [0, 0.05) is 24.9 Å². The van der Waals surface area contributed by atoms with E-state index in [0.717, 1.165) is 64.4 Å². The summed E-state index contributed by atoms with van der Waals surface area (Å²) in [6.07, 6.45) is 10.6. The highest BCUT2D eigenvalue weighted by atomic mass is 16.8. The number of hydrogen-bond donors (Lipinski definition) is 0. The summed E-state index contributed by atoms with van der Waals surface area (Å²) in [5.74, 6) is 7.39. The summed E-state index contributed by atoms with van der Waals surface area (Å²) in [6, 6.07) is 0. The van der Waals surface area contributed by atoms with Crippen LogP contribution in [-0.2, 0) is 33.2 Å². The van der Waals surface area contributed by atoms with Gasteiger partial charge in [-0.25, -0.2) is 0 Å². The molecule has 1 unspecified atom stereocenters. The molecule has 4 saturated carbocycles.